The molecule has 0 spiro atoms. The molecule has 1 saturated carbocycles. The molecular weight excluding hydrogens is 471 g/mol. The number of ether oxygens (including phenoxy) is 1. The molecule has 5 rings (SSSR count). The number of fused-ring (bicyclic) bond motifs is 2. The van der Waals surface area contributed by atoms with Crippen LogP contribution in [0.4, 0.5) is 19.1 Å². The van der Waals surface area contributed by atoms with Gasteiger partial charge in [-0.3, -0.25) is 0 Å². The minimum atomic E-state index is -2.55. The van der Waals surface area contributed by atoms with Crippen LogP contribution in [0.15, 0.2) is 12.3 Å². The van der Waals surface area contributed by atoms with Gasteiger partial charge >= 0.3 is 0 Å². The van der Waals surface area contributed by atoms with Crippen LogP contribution in [0.2, 0.25) is 0 Å². The lowest BCUT2D eigenvalue weighted by molar-refractivity contribution is 0.123. The summed E-state index contributed by atoms with van der Waals surface area (Å²) in [5, 5.41) is 11.6. The van der Waals surface area contributed by atoms with Crippen LogP contribution in [0.25, 0.3) is 5.52 Å². The van der Waals surface area contributed by atoms with Crippen molar-refractivity contribution in [2.75, 3.05) is 19.0 Å². The topological polar surface area (TPSA) is 81.3 Å². The molecule has 3 heterocycles. The van der Waals surface area contributed by atoms with Gasteiger partial charge in [0, 0.05) is 28.9 Å². The molecule has 36 heavy (non-hydrogen) atoms. The van der Waals surface area contributed by atoms with Crippen LogP contribution >= 0.6 is 0 Å². The minimum absolute atomic E-state index is 0.119. The van der Waals surface area contributed by atoms with Crippen molar-refractivity contribution >= 4 is 11.5 Å². The lowest BCUT2D eigenvalue weighted by Crippen LogP contribution is -2.57. The zero-order valence-corrected chi connectivity index (χ0v) is 21.4. The van der Waals surface area contributed by atoms with Crippen LogP contribution in [-0.2, 0) is 18.4 Å². The Kier molecular flexibility index (Phi) is 6.17. The third-order valence-corrected chi connectivity index (χ3v) is 7.75. The molecule has 2 aliphatic rings. The van der Waals surface area contributed by atoms with Crippen molar-refractivity contribution in [3.05, 3.63) is 35.0 Å². The van der Waals surface area contributed by atoms with Crippen molar-refractivity contribution in [2.24, 2.45) is 0 Å². The fraction of sp³-hybridized carbons (Fsp3) is 0.640. The molecule has 0 aliphatic heterocycles. The molecule has 0 aromatic carbocycles. The van der Waals surface area contributed by atoms with E-state index in [9.17, 15) is 8.78 Å². The molecule has 11 heteroatoms. The van der Waals surface area contributed by atoms with E-state index < -0.39 is 24.6 Å². The number of halogens is 3. The summed E-state index contributed by atoms with van der Waals surface area (Å²) in [5.41, 5.74) is 1.72. The van der Waals surface area contributed by atoms with Gasteiger partial charge < -0.3 is 19.9 Å². The van der Waals surface area contributed by atoms with Gasteiger partial charge in [-0.25, -0.2) is 22.7 Å². The number of imidazole rings is 1. The lowest BCUT2D eigenvalue weighted by atomic mass is 9.71. The number of aromatic nitrogens is 5. The lowest BCUT2D eigenvalue weighted by Gasteiger charge is -2.46. The van der Waals surface area contributed by atoms with Gasteiger partial charge in [-0.1, -0.05) is 13.8 Å². The highest BCUT2D eigenvalue weighted by atomic mass is 19.3. The van der Waals surface area contributed by atoms with E-state index in [-0.39, 0.29) is 23.7 Å². The Morgan fingerprint density at radius 3 is 2.64 bits per heavy atom. The van der Waals surface area contributed by atoms with Crippen LogP contribution < -0.4 is 15.4 Å². The van der Waals surface area contributed by atoms with Crippen molar-refractivity contribution in [1.82, 2.24) is 29.5 Å². The van der Waals surface area contributed by atoms with E-state index in [0.717, 1.165) is 24.9 Å². The summed E-state index contributed by atoms with van der Waals surface area (Å²) in [7, 11) is 1.55. The Morgan fingerprint density at radius 2 is 1.97 bits per heavy atom. The fourth-order valence-electron chi connectivity index (χ4n) is 6.16. The second kappa shape index (κ2) is 8.93. The number of methoxy groups -OCH3 is 1. The average molecular weight is 506 g/mol. The number of alkyl halides is 3. The quantitative estimate of drug-likeness (QED) is 0.473. The van der Waals surface area contributed by atoms with Gasteiger partial charge in [-0.15, -0.1) is 5.10 Å². The van der Waals surface area contributed by atoms with Crippen LogP contribution in [0.5, 0.6) is 5.88 Å². The summed E-state index contributed by atoms with van der Waals surface area (Å²) < 4.78 is 50.8. The second-order valence-electron chi connectivity index (χ2n) is 10.7. The van der Waals surface area contributed by atoms with Crippen molar-refractivity contribution in [1.29, 1.82) is 0 Å². The third kappa shape index (κ3) is 4.21. The van der Waals surface area contributed by atoms with Crippen molar-refractivity contribution in [3.63, 3.8) is 0 Å². The van der Waals surface area contributed by atoms with E-state index >= 15 is 4.39 Å². The number of hydrogen-bond acceptors (Lipinski definition) is 6. The summed E-state index contributed by atoms with van der Waals surface area (Å²) in [6.07, 6.45) is 0.401. The van der Waals surface area contributed by atoms with Gasteiger partial charge in [0.2, 0.25) is 11.8 Å². The number of nitrogens with one attached hydrogen (secondary N) is 2. The maximum absolute atomic E-state index is 15.4. The molecule has 0 radical (unpaired) electrons. The summed E-state index contributed by atoms with van der Waals surface area (Å²) in [6, 6.07) is 2.16. The first-order valence-corrected chi connectivity index (χ1v) is 12.5. The number of rotatable bonds is 8. The van der Waals surface area contributed by atoms with E-state index in [1.807, 2.05) is 19.2 Å². The molecule has 0 amide bonds. The molecule has 0 saturated heterocycles. The molecule has 0 bridgehead atoms. The van der Waals surface area contributed by atoms with Crippen LogP contribution in [0, 0.1) is 6.92 Å². The Labute approximate surface area is 208 Å². The second-order valence-corrected chi connectivity index (χ2v) is 10.7. The Bertz CT molecular complexity index is 1270. The van der Waals surface area contributed by atoms with E-state index in [1.165, 1.54) is 4.57 Å². The van der Waals surface area contributed by atoms with Gasteiger partial charge in [0.05, 0.1) is 19.3 Å². The Hall–Kier alpha value is -2.82. The largest absolute Gasteiger partial charge is 0.479 e. The standard InChI is InChI=1S/C25H34F3N7O/c1-6-29-25(4)9-15(10-25)31-23-32-22(36-5)21-16(7-8-35(21)33-23)24(3)11-17(26)20-18(12-24)34(13-19(27)28)14(2)30-20/h7-8,15,17,19,29H,6,9-13H2,1-5H3,(H,31,33). The fourth-order valence-corrected chi connectivity index (χ4v) is 6.16. The highest BCUT2D eigenvalue weighted by molar-refractivity contribution is 5.67. The molecule has 2 aliphatic carbocycles. The van der Waals surface area contributed by atoms with Crippen LogP contribution in [0.3, 0.4) is 0 Å². The first-order chi connectivity index (χ1) is 17.1. The predicted octanol–water partition coefficient (Wildman–Crippen LogP) is 4.37. The minimum Gasteiger partial charge on any atom is -0.479 e. The molecular formula is C25H34F3N7O. The Morgan fingerprint density at radius 1 is 1.22 bits per heavy atom. The molecule has 196 valence electrons. The molecule has 2 atom stereocenters. The molecule has 1 fully saturated rings. The third-order valence-electron chi connectivity index (χ3n) is 7.75. The highest BCUT2D eigenvalue weighted by Gasteiger charge is 2.43. The predicted molar refractivity (Wildman–Crippen MR) is 131 cm³/mol. The summed E-state index contributed by atoms with van der Waals surface area (Å²) in [4.78, 5) is 8.91. The highest BCUT2D eigenvalue weighted by Crippen LogP contribution is 2.47. The first kappa shape index (κ1) is 24.9. The molecule has 2 unspecified atom stereocenters. The van der Waals surface area contributed by atoms with E-state index in [0.29, 0.717) is 35.3 Å². The van der Waals surface area contributed by atoms with Crippen molar-refractivity contribution < 1.29 is 17.9 Å². The summed E-state index contributed by atoms with van der Waals surface area (Å²) in [6.45, 7) is 8.34. The first-order valence-electron chi connectivity index (χ1n) is 12.5. The van der Waals surface area contributed by atoms with Gasteiger partial charge in [-0.05, 0) is 57.7 Å². The number of anilines is 1. The zero-order chi connectivity index (χ0) is 25.8. The van der Waals surface area contributed by atoms with Crippen molar-refractivity contribution in [2.45, 2.75) is 89.5 Å². The SMILES string of the molecule is CCNC1(C)CC(Nc2nc(OC)c3c(C4(C)Cc5c(nc(C)n5CC(F)F)C(F)C4)ccn3n2)C1. The number of nitrogens with zero attached hydrogens (tertiary/aromatic N) is 5. The summed E-state index contributed by atoms with van der Waals surface area (Å²) in [5.74, 6) is 1.27. The normalized spacial score (nSPS) is 27.8. The van der Waals surface area contributed by atoms with Gasteiger partial charge in [0.1, 0.15) is 17.5 Å². The zero-order valence-electron chi connectivity index (χ0n) is 21.4. The Balaban J connectivity index is 1.47. The van der Waals surface area contributed by atoms with Crippen LogP contribution in [0.1, 0.15) is 69.0 Å². The maximum Gasteiger partial charge on any atom is 0.256 e. The van der Waals surface area contributed by atoms with Gasteiger partial charge in [0.15, 0.2) is 0 Å². The monoisotopic (exact) mass is 505 g/mol. The van der Waals surface area contributed by atoms with E-state index in [2.05, 4.69) is 39.5 Å². The van der Waals surface area contributed by atoms with Crippen molar-refractivity contribution in [3.8, 4) is 5.88 Å². The number of aryl methyl sites for hydroxylation is 1. The van der Waals surface area contributed by atoms with E-state index in [1.54, 1.807) is 18.5 Å². The molecule has 8 nitrogen and oxygen atoms in total. The van der Waals surface area contributed by atoms with E-state index in [4.69, 9.17) is 4.74 Å². The number of hydrogen-bond donors (Lipinski definition) is 2. The van der Waals surface area contributed by atoms with Crippen LogP contribution in [-0.4, -0.2) is 55.8 Å². The smallest absolute Gasteiger partial charge is 0.256 e. The summed E-state index contributed by atoms with van der Waals surface area (Å²) >= 11 is 0. The molecule has 3 aromatic heterocycles. The average Bonchev–Trinajstić information content (AvgIpc) is 3.34. The van der Waals surface area contributed by atoms with Gasteiger partial charge in [-0.2, -0.15) is 4.98 Å². The molecule has 2 N–H and O–H groups in total. The maximum atomic E-state index is 15.4. The van der Waals surface area contributed by atoms with Gasteiger partial charge in [0.25, 0.3) is 6.43 Å². The molecule has 3 aromatic rings.